The third-order valence-electron chi connectivity index (χ3n) is 3.52. The highest BCUT2D eigenvalue weighted by molar-refractivity contribution is 6.31. The number of hydrogen-bond acceptors (Lipinski definition) is 2. The molecule has 20 heavy (non-hydrogen) atoms. The van der Waals surface area contributed by atoms with Crippen molar-refractivity contribution in [3.05, 3.63) is 52.5 Å². The van der Waals surface area contributed by atoms with Crippen LogP contribution in [0.2, 0.25) is 5.02 Å². The second kappa shape index (κ2) is 4.66. The van der Waals surface area contributed by atoms with Gasteiger partial charge in [-0.05, 0) is 36.8 Å². The summed E-state index contributed by atoms with van der Waals surface area (Å²) in [5.41, 5.74) is 4.47. The summed E-state index contributed by atoms with van der Waals surface area (Å²) in [5.74, 6) is 0.857. The van der Waals surface area contributed by atoms with Crippen molar-refractivity contribution >= 4 is 22.6 Å². The van der Waals surface area contributed by atoms with Crippen molar-refractivity contribution < 1.29 is 0 Å². The van der Waals surface area contributed by atoms with Crippen LogP contribution in [0, 0.1) is 18.3 Å². The van der Waals surface area contributed by atoms with Crippen LogP contribution in [0.5, 0.6) is 0 Å². The maximum absolute atomic E-state index is 9.00. The van der Waals surface area contributed by atoms with Crippen LogP contribution in [0.4, 0.5) is 0 Å². The zero-order chi connectivity index (χ0) is 14.3. The average Bonchev–Trinajstić information content (AvgIpc) is 2.78. The Kier molecular flexibility index (Phi) is 2.96. The molecule has 4 heteroatoms. The van der Waals surface area contributed by atoms with Crippen molar-refractivity contribution in [3.63, 3.8) is 0 Å². The number of imidazole rings is 1. The molecule has 3 nitrogen and oxygen atoms in total. The van der Waals surface area contributed by atoms with Crippen LogP contribution in [0.25, 0.3) is 22.4 Å². The molecule has 0 fully saturated rings. The van der Waals surface area contributed by atoms with Crippen molar-refractivity contribution in [1.29, 1.82) is 5.26 Å². The standard InChI is InChI=1S/C16H12ClN3/c1-10-12(4-3-5-13(10)17)16-19-14-7-6-11(9-18)8-15(14)20(16)2/h3-8H,1-2H3. The van der Waals surface area contributed by atoms with E-state index in [4.69, 9.17) is 16.9 Å². The van der Waals surface area contributed by atoms with Gasteiger partial charge in [-0.1, -0.05) is 23.7 Å². The topological polar surface area (TPSA) is 41.6 Å². The van der Waals surface area contributed by atoms with Crippen molar-refractivity contribution in [3.8, 4) is 17.5 Å². The Labute approximate surface area is 122 Å². The Hall–Kier alpha value is -2.31. The fourth-order valence-corrected chi connectivity index (χ4v) is 2.52. The number of benzene rings is 2. The van der Waals surface area contributed by atoms with Gasteiger partial charge in [0.15, 0.2) is 0 Å². The molecule has 0 amide bonds. The molecule has 0 saturated carbocycles. The van der Waals surface area contributed by atoms with Crippen LogP contribution < -0.4 is 0 Å². The number of nitrogens with zero attached hydrogens (tertiary/aromatic N) is 3. The lowest BCUT2D eigenvalue weighted by Gasteiger charge is -2.07. The fourth-order valence-electron chi connectivity index (χ4n) is 2.35. The van der Waals surface area contributed by atoms with Crippen LogP contribution in [0.15, 0.2) is 36.4 Å². The number of halogens is 1. The van der Waals surface area contributed by atoms with Crippen molar-refractivity contribution in [2.24, 2.45) is 7.05 Å². The van der Waals surface area contributed by atoms with E-state index in [0.29, 0.717) is 5.56 Å². The van der Waals surface area contributed by atoms with E-state index in [1.807, 2.05) is 48.9 Å². The number of aryl methyl sites for hydroxylation is 1. The second-order valence-electron chi connectivity index (χ2n) is 4.72. The largest absolute Gasteiger partial charge is 0.327 e. The first-order chi connectivity index (χ1) is 9.61. The van der Waals surface area contributed by atoms with Gasteiger partial charge in [0.25, 0.3) is 0 Å². The molecule has 3 aromatic rings. The molecule has 1 aromatic heterocycles. The minimum absolute atomic E-state index is 0.634. The number of aromatic nitrogens is 2. The molecular weight excluding hydrogens is 270 g/mol. The highest BCUT2D eigenvalue weighted by Gasteiger charge is 2.13. The second-order valence-corrected chi connectivity index (χ2v) is 5.13. The minimum atomic E-state index is 0.634. The highest BCUT2D eigenvalue weighted by atomic mass is 35.5. The molecule has 0 radical (unpaired) electrons. The molecular formula is C16H12ClN3. The van der Waals surface area contributed by atoms with E-state index < -0.39 is 0 Å². The summed E-state index contributed by atoms with van der Waals surface area (Å²) < 4.78 is 1.99. The van der Waals surface area contributed by atoms with E-state index in [1.54, 1.807) is 6.07 Å². The van der Waals surface area contributed by atoms with E-state index in [-0.39, 0.29) is 0 Å². The number of hydrogen-bond donors (Lipinski definition) is 0. The molecule has 0 saturated heterocycles. The zero-order valence-electron chi connectivity index (χ0n) is 11.2. The summed E-state index contributed by atoms with van der Waals surface area (Å²) in [6.45, 7) is 1.98. The van der Waals surface area contributed by atoms with E-state index in [1.165, 1.54) is 0 Å². The molecule has 3 rings (SSSR count). The molecule has 0 aliphatic heterocycles. The molecule has 98 valence electrons. The minimum Gasteiger partial charge on any atom is -0.327 e. The summed E-state index contributed by atoms with van der Waals surface area (Å²) in [6, 6.07) is 13.5. The number of nitriles is 1. The molecule has 0 N–H and O–H groups in total. The summed E-state index contributed by atoms with van der Waals surface area (Å²) in [5, 5.41) is 9.72. The van der Waals surface area contributed by atoms with Gasteiger partial charge in [-0.25, -0.2) is 4.98 Å². The molecule has 2 aromatic carbocycles. The van der Waals surface area contributed by atoms with Crippen molar-refractivity contribution in [2.75, 3.05) is 0 Å². The molecule has 0 spiro atoms. The van der Waals surface area contributed by atoms with Crippen LogP contribution in [0.1, 0.15) is 11.1 Å². The van der Waals surface area contributed by atoms with Gasteiger partial charge in [0.05, 0.1) is 22.7 Å². The lowest BCUT2D eigenvalue weighted by atomic mass is 10.1. The summed E-state index contributed by atoms with van der Waals surface area (Å²) in [7, 11) is 1.95. The van der Waals surface area contributed by atoms with Gasteiger partial charge in [-0.2, -0.15) is 5.26 Å². The molecule has 0 aliphatic rings. The SMILES string of the molecule is Cc1c(Cl)cccc1-c1nc2ccc(C#N)cc2n1C. The Morgan fingerprint density at radius 3 is 2.80 bits per heavy atom. The van der Waals surface area contributed by atoms with E-state index >= 15 is 0 Å². The Balaban J connectivity index is 2.30. The van der Waals surface area contributed by atoms with Crippen LogP contribution in [-0.4, -0.2) is 9.55 Å². The van der Waals surface area contributed by atoms with E-state index in [0.717, 1.165) is 33.0 Å². The molecule has 0 aliphatic carbocycles. The lowest BCUT2D eigenvalue weighted by molar-refractivity contribution is 0.957. The predicted octanol–water partition coefficient (Wildman–Crippen LogP) is 4.07. The third-order valence-corrected chi connectivity index (χ3v) is 3.93. The van der Waals surface area contributed by atoms with Gasteiger partial charge in [-0.3, -0.25) is 0 Å². The van der Waals surface area contributed by atoms with Crippen LogP contribution in [-0.2, 0) is 7.05 Å². The Morgan fingerprint density at radius 2 is 2.05 bits per heavy atom. The van der Waals surface area contributed by atoms with Gasteiger partial charge in [-0.15, -0.1) is 0 Å². The van der Waals surface area contributed by atoms with Gasteiger partial charge >= 0.3 is 0 Å². The lowest BCUT2D eigenvalue weighted by Crippen LogP contribution is -1.95. The summed E-state index contributed by atoms with van der Waals surface area (Å²) >= 11 is 6.18. The van der Waals surface area contributed by atoms with Crippen molar-refractivity contribution in [1.82, 2.24) is 9.55 Å². The first kappa shape index (κ1) is 12.7. The average molecular weight is 282 g/mol. The smallest absolute Gasteiger partial charge is 0.141 e. The van der Waals surface area contributed by atoms with E-state index in [2.05, 4.69) is 11.1 Å². The number of rotatable bonds is 1. The fraction of sp³-hybridized carbons (Fsp3) is 0.125. The maximum atomic E-state index is 9.00. The normalized spacial score (nSPS) is 10.7. The quantitative estimate of drug-likeness (QED) is 0.674. The van der Waals surface area contributed by atoms with Crippen LogP contribution in [0.3, 0.4) is 0 Å². The van der Waals surface area contributed by atoms with Crippen LogP contribution >= 0.6 is 11.6 Å². The summed E-state index contributed by atoms with van der Waals surface area (Å²) in [6.07, 6.45) is 0. The zero-order valence-corrected chi connectivity index (χ0v) is 11.9. The first-order valence-electron chi connectivity index (χ1n) is 6.24. The van der Waals surface area contributed by atoms with Gasteiger partial charge in [0.1, 0.15) is 5.82 Å². The number of fused-ring (bicyclic) bond motifs is 1. The highest BCUT2D eigenvalue weighted by Crippen LogP contribution is 2.30. The Bertz CT molecular complexity index is 856. The summed E-state index contributed by atoms with van der Waals surface area (Å²) in [4.78, 5) is 4.65. The molecule has 0 atom stereocenters. The van der Waals surface area contributed by atoms with Crippen molar-refractivity contribution in [2.45, 2.75) is 6.92 Å². The van der Waals surface area contributed by atoms with Gasteiger partial charge in [0.2, 0.25) is 0 Å². The van der Waals surface area contributed by atoms with Gasteiger partial charge < -0.3 is 4.57 Å². The monoisotopic (exact) mass is 281 g/mol. The maximum Gasteiger partial charge on any atom is 0.141 e. The third kappa shape index (κ3) is 1.86. The first-order valence-corrected chi connectivity index (χ1v) is 6.61. The predicted molar refractivity (Wildman–Crippen MR) is 80.6 cm³/mol. The molecule has 0 unspecified atom stereocenters. The Morgan fingerprint density at radius 1 is 1.25 bits per heavy atom. The molecule has 0 bridgehead atoms. The van der Waals surface area contributed by atoms with Gasteiger partial charge in [0, 0.05) is 17.6 Å². The molecule has 1 heterocycles. The van der Waals surface area contributed by atoms with E-state index in [9.17, 15) is 0 Å².